The van der Waals surface area contributed by atoms with E-state index < -0.39 is 10.0 Å². The first-order valence-corrected chi connectivity index (χ1v) is 11.4. The maximum absolute atomic E-state index is 13.0. The lowest BCUT2D eigenvalue weighted by atomic mass is 9.97. The fraction of sp³-hybridized carbons (Fsp3) is 0.476. The molecule has 0 aromatic heterocycles. The van der Waals surface area contributed by atoms with Crippen LogP contribution in [0.2, 0.25) is 0 Å². The highest BCUT2D eigenvalue weighted by atomic mass is 32.2. The predicted molar refractivity (Wildman–Crippen MR) is 111 cm³/mol. The third-order valence-electron chi connectivity index (χ3n) is 5.34. The van der Waals surface area contributed by atoms with Gasteiger partial charge in [-0.05, 0) is 35.7 Å². The number of carbonyl (C=O) groups is 1. The molecule has 6 nitrogen and oxygen atoms in total. The molecule has 2 N–H and O–H groups in total. The minimum absolute atomic E-state index is 0.0523. The molecule has 0 aliphatic carbocycles. The largest absolute Gasteiger partial charge is 0.356 e. The summed E-state index contributed by atoms with van der Waals surface area (Å²) in [6.07, 6.45) is 2.08. The number of quaternary nitrogens is 1. The van der Waals surface area contributed by atoms with Crippen molar-refractivity contribution in [2.45, 2.75) is 24.2 Å². The van der Waals surface area contributed by atoms with E-state index in [1.54, 1.807) is 12.1 Å². The van der Waals surface area contributed by atoms with E-state index in [0.717, 1.165) is 23.7 Å². The van der Waals surface area contributed by atoms with Crippen molar-refractivity contribution in [1.29, 1.82) is 0 Å². The molecule has 1 amide bonds. The zero-order valence-electron chi connectivity index (χ0n) is 16.6. The van der Waals surface area contributed by atoms with Gasteiger partial charge in [0.1, 0.15) is 0 Å². The monoisotopic (exact) mass is 404 g/mol. The average molecular weight is 405 g/mol. The second kappa shape index (κ2) is 9.03. The fourth-order valence-electron chi connectivity index (χ4n) is 3.63. The van der Waals surface area contributed by atoms with E-state index in [0.29, 0.717) is 37.4 Å². The van der Waals surface area contributed by atoms with Crippen molar-refractivity contribution in [3.8, 4) is 0 Å². The third-order valence-corrected chi connectivity index (χ3v) is 7.23. The maximum Gasteiger partial charge on any atom is 0.243 e. The van der Waals surface area contributed by atoms with Gasteiger partial charge in [0.2, 0.25) is 15.9 Å². The quantitative estimate of drug-likeness (QED) is 0.674. The van der Waals surface area contributed by atoms with E-state index >= 15 is 0 Å². The van der Waals surface area contributed by atoms with Gasteiger partial charge in [0, 0.05) is 32.0 Å². The summed E-state index contributed by atoms with van der Waals surface area (Å²) in [5.74, 6) is -0.0498. The van der Waals surface area contributed by atoms with Crippen molar-refractivity contribution >= 4 is 26.7 Å². The number of fused-ring (bicyclic) bond motifs is 1. The number of rotatable bonds is 7. The van der Waals surface area contributed by atoms with Gasteiger partial charge >= 0.3 is 0 Å². The number of piperidine rings is 1. The van der Waals surface area contributed by atoms with Gasteiger partial charge in [0.25, 0.3) is 0 Å². The molecule has 0 spiro atoms. The highest BCUT2D eigenvalue weighted by Crippen LogP contribution is 2.26. The fourth-order valence-corrected chi connectivity index (χ4v) is 5.14. The summed E-state index contributed by atoms with van der Waals surface area (Å²) in [4.78, 5) is 14.0. The number of hydrogen-bond acceptors (Lipinski definition) is 3. The Labute approximate surface area is 167 Å². The van der Waals surface area contributed by atoms with Gasteiger partial charge in [0.15, 0.2) is 0 Å². The van der Waals surface area contributed by atoms with Crippen LogP contribution in [0.1, 0.15) is 19.3 Å². The summed E-state index contributed by atoms with van der Waals surface area (Å²) < 4.78 is 27.5. The summed E-state index contributed by atoms with van der Waals surface area (Å²) >= 11 is 0. The standard InChI is InChI=1S/C21H29N3O3S/c1-23(2)13-5-12-22-21(25)18-10-14-24(15-11-18)28(26,27)20-9-8-17-6-3-4-7-19(17)16-20/h3-4,6-9,16,18H,5,10-15H2,1-2H3,(H,22,25)/p+1. The Morgan fingerprint density at radius 2 is 1.79 bits per heavy atom. The van der Waals surface area contributed by atoms with Crippen molar-refractivity contribution in [1.82, 2.24) is 9.62 Å². The number of carbonyl (C=O) groups excluding carboxylic acids is 1. The summed E-state index contributed by atoms with van der Waals surface area (Å²) in [7, 11) is 0.647. The van der Waals surface area contributed by atoms with Crippen molar-refractivity contribution in [2.24, 2.45) is 5.92 Å². The Balaban J connectivity index is 1.58. The van der Waals surface area contributed by atoms with E-state index in [2.05, 4.69) is 19.4 Å². The van der Waals surface area contributed by atoms with Crippen molar-refractivity contribution in [2.75, 3.05) is 40.3 Å². The minimum atomic E-state index is -3.53. The van der Waals surface area contributed by atoms with E-state index in [4.69, 9.17) is 0 Å². The molecule has 2 aromatic rings. The normalized spacial score (nSPS) is 16.5. The number of hydrogen-bond donors (Lipinski definition) is 2. The van der Waals surface area contributed by atoms with Crippen LogP contribution in [0.3, 0.4) is 0 Å². The van der Waals surface area contributed by atoms with Crippen LogP contribution < -0.4 is 10.2 Å². The summed E-state index contributed by atoms with van der Waals surface area (Å²) in [5, 5.41) is 4.93. The summed E-state index contributed by atoms with van der Waals surface area (Å²) in [6.45, 7) is 2.46. The Morgan fingerprint density at radius 1 is 1.11 bits per heavy atom. The molecular weight excluding hydrogens is 374 g/mol. The van der Waals surface area contributed by atoms with Gasteiger partial charge in [-0.1, -0.05) is 30.3 Å². The van der Waals surface area contributed by atoms with Crippen molar-refractivity contribution < 1.29 is 18.1 Å². The Morgan fingerprint density at radius 3 is 2.46 bits per heavy atom. The lowest BCUT2D eigenvalue weighted by molar-refractivity contribution is -0.858. The summed E-state index contributed by atoms with van der Waals surface area (Å²) in [6, 6.07) is 13.0. The van der Waals surface area contributed by atoms with Gasteiger partial charge in [-0.15, -0.1) is 0 Å². The second-order valence-electron chi connectivity index (χ2n) is 7.79. The SMILES string of the molecule is C[NH+](C)CCCNC(=O)C1CCN(S(=O)(=O)c2ccc3ccccc3c2)CC1. The van der Waals surface area contributed by atoms with Crippen LogP contribution in [0.25, 0.3) is 10.8 Å². The van der Waals surface area contributed by atoms with E-state index in [9.17, 15) is 13.2 Å². The third kappa shape index (κ3) is 4.90. The Bertz CT molecular complexity index is 919. The maximum atomic E-state index is 13.0. The minimum Gasteiger partial charge on any atom is -0.356 e. The van der Waals surface area contributed by atoms with Gasteiger partial charge < -0.3 is 10.2 Å². The van der Waals surface area contributed by atoms with Crippen LogP contribution in [0.5, 0.6) is 0 Å². The van der Waals surface area contributed by atoms with E-state index in [1.807, 2.05) is 30.3 Å². The number of benzene rings is 2. The van der Waals surface area contributed by atoms with Gasteiger partial charge in [-0.2, -0.15) is 4.31 Å². The van der Waals surface area contributed by atoms with Crippen LogP contribution >= 0.6 is 0 Å². The zero-order chi connectivity index (χ0) is 20.1. The van der Waals surface area contributed by atoms with Crippen molar-refractivity contribution in [3.05, 3.63) is 42.5 Å². The number of nitrogens with one attached hydrogen (secondary N) is 2. The molecule has 0 saturated carbocycles. The summed E-state index contributed by atoms with van der Waals surface area (Å²) in [5.41, 5.74) is 0. The van der Waals surface area contributed by atoms with Gasteiger partial charge in [-0.3, -0.25) is 4.79 Å². The number of nitrogens with zero attached hydrogens (tertiary/aromatic N) is 1. The molecule has 1 fully saturated rings. The highest BCUT2D eigenvalue weighted by molar-refractivity contribution is 7.89. The molecule has 2 aromatic carbocycles. The molecule has 0 bridgehead atoms. The lowest BCUT2D eigenvalue weighted by Gasteiger charge is -2.30. The first kappa shape index (κ1) is 20.8. The number of amides is 1. The topological polar surface area (TPSA) is 70.9 Å². The van der Waals surface area contributed by atoms with Crippen molar-refractivity contribution in [3.63, 3.8) is 0 Å². The lowest BCUT2D eigenvalue weighted by Crippen LogP contribution is -3.05. The van der Waals surface area contributed by atoms with Gasteiger partial charge in [-0.25, -0.2) is 8.42 Å². The van der Waals surface area contributed by atoms with Crippen LogP contribution in [0.4, 0.5) is 0 Å². The Hall–Kier alpha value is -1.96. The molecule has 1 aliphatic heterocycles. The van der Waals surface area contributed by atoms with Gasteiger partial charge in [0.05, 0.1) is 25.5 Å². The molecule has 7 heteroatoms. The molecule has 0 radical (unpaired) electrons. The molecule has 1 saturated heterocycles. The Kier molecular flexibility index (Phi) is 6.69. The van der Waals surface area contributed by atoms with Crippen LogP contribution in [0, 0.1) is 5.92 Å². The molecule has 1 aliphatic rings. The molecule has 0 unspecified atom stereocenters. The molecule has 0 atom stereocenters. The molecule has 28 heavy (non-hydrogen) atoms. The first-order chi connectivity index (χ1) is 13.4. The second-order valence-corrected chi connectivity index (χ2v) is 9.73. The zero-order valence-corrected chi connectivity index (χ0v) is 17.5. The average Bonchev–Trinajstić information content (AvgIpc) is 2.70. The van der Waals surface area contributed by atoms with Crippen LogP contribution in [-0.2, 0) is 14.8 Å². The van der Waals surface area contributed by atoms with Crippen LogP contribution in [0.15, 0.2) is 47.4 Å². The number of sulfonamides is 1. The molecule has 1 heterocycles. The smallest absolute Gasteiger partial charge is 0.243 e. The molecule has 3 rings (SSSR count). The molecular formula is C21H30N3O3S+. The van der Waals surface area contributed by atoms with E-state index in [1.165, 1.54) is 9.21 Å². The van der Waals surface area contributed by atoms with Crippen LogP contribution in [-0.4, -0.2) is 58.9 Å². The molecule has 152 valence electrons. The predicted octanol–water partition coefficient (Wildman–Crippen LogP) is 0.891. The first-order valence-electron chi connectivity index (χ1n) is 9.93. The van der Waals surface area contributed by atoms with E-state index in [-0.39, 0.29) is 11.8 Å². The highest BCUT2D eigenvalue weighted by Gasteiger charge is 2.32.